The topological polar surface area (TPSA) is 65.8 Å². The Labute approximate surface area is 109 Å². The van der Waals surface area contributed by atoms with Crippen LogP contribution in [0.4, 0.5) is 0 Å². The number of amides is 1. The number of aryl methyl sites for hydroxylation is 2. The summed E-state index contributed by atoms with van der Waals surface area (Å²) in [6.07, 6.45) is 0. The zero-order chi connectivity index (χ0) is 13.3. The molecule has 0 spiro atoms. The minimum atomic E-state index is -0.200. The number of carbonyl (C=O) groups is 1. The van der Waals surface area contributed by atoms with Gasteiger partial charge in [-0.25, -0.2) is 4.98 Å². The van der Waals surface area contributed by atoms with E-state index in [1.165, 1.54) is 11.3 Å². The lowest BCUT2D eigenvalue weighted by Gasteiger charge is -1.99. The molecule has 0 aliphatic rings. The van der Waals surface area contributed by atoms with Gasteiger partial charge < -0.3 is 5.32 Å². The first-order valence-electron chi connectivity index (χ1n) is 5.67. The van der Waals surface area contributed by atoms with E-state index in [0.29, 0.717) is 17.0 Å². The van der Waals surface area contributed by atoms with Crippen LogP contribution in [0.15, 0.2) is 6.07 Å². The van der Waals surface area contributed by atoms with E-state index in [-0.39, 0.29) is 5.91 Å². The summed E-state index contributed by atoms with van der Waals surface area (Å²) >= 11 is 1.28. The van der Waals surface area contributed by atoms with Crippen molar-refractivity contribution in [3.8, 4) is 6.07 Å². The third kappa shape index (κ3) is 1.95. The molecule has 0 bridgehead atoms. The third-order valence-corrected chi connectivity index (χ3v) is 3.73. The van der Waals surface area contributed by atoms with Gasteiger partial charge in [-0.15, -0.1) is 11.3 Å². The van der Waals surface area contributed by atoms with Gasteiger partial charge in [0.2, 0.25) is 0 Å². The molecule has 0 radical (unpaired) electrons. The molecule has 0 aliphatic carbocycles. The highest BCUT2D eigenvalue weighted by atomic mass is 32.1. The van der Waals surface area contributed by atoms with Crippen LogP contribution < -0.4 is 5.32 Å². The van der Waals surface area contributed by atoms with Crippen LogP contribution in [0.5, 0.6) is 0 Å². The largest absolute Gasteiger partial charge is 0.352 e. The Kier molecular flexibility index (Phi) is 3.30. The van der Waals surface area contributed by atoms with Crippen LogP contribution in [-0.4, -0.2) is 17.4 Å². The number of nitrogens with one attached hydrogen (secondary N) is 1. The Morgan fingerprint density at radius 2 is 2.28 bits per heavy atom. The number of thiophene rings is 1. The zero-order valence-corrected chi connectivity index (χ0v) is 11.3. The Hall–Kier alpha value is -1.93. The van der Waals surface area contributed by atoms with E-state index >= 15 is 0 Å². The second-order valence-electron chi connectivity index (χ2n) is 4.04. The number of hydrogen-bond donors (Lipinski definition) is 1. The number of nitriles is 1. The number of pyridine rings is 1. The number of carbonyl (C=O) groups excluding carboxylic acids is 1. The molecule has 0 atom stereocenters. The molecule has 2 heterocycles. The molecule has 0 saturated carbocycles. The number of nitrogens with zero attached hydrogens (tertiary/aromatic N) is 2. The van der Waals surface area contributed by atoms with Crippen LogP contribution >= 0.6 is 11.3 Å². The van der Waals surface area contributed by atoms with Crippen LogP contribution in [-0.2, 0) is 0 Å². The third-order valence-electron chi connectivity index (χ3n) is 2.64. The molecule has 4 nitrogen and oxygen atoms in total. The number of fused-ring (bicyclic) bond motifs is 1. The number of hydrogen-bond acceptors (Lipinski definition) is 4. The molecule has 1 amide bonds. The summed E-state index contributed by atoms with van der Waals surface area (Å²) in [5, 5.41) is 12.8. The van der Waals surface area contributed by atoms with Gasteiger partial charge in [-0.3, -0.25) is 4.79 Å². The summed E-state index contributed by atoms with van der Waals surface area (Å²) in [5.74, 6) is -0.200. The van der Waals surface area contributed by atoms with Gasteiger partial charge >= 0.3 is 0 Å². The van der Waals surface area contributed by atoms with E-state index in [0.717, 1.165) is 21.5 Å². The van der Waals surface area contributed by atoms with Gasteiger partial charge in [-0.1, -0.05) is 0 Å². The summed E-state index contributed by atoms with van der Waals surface area (Å²) in [4.78, 5) is 17.5. The molecule has 0 aromatic carbocycles. The molecule has 0 unspecified atom stereocenters. The lowest BCUT2D eigenvalue weighted by atomic mass is 10.1. The molecule has 5 heteroatoms. The molecule has 1 N–H and O–H groups in total. The van der Waals surface area contributed by atoms with Crippen LogP contribution in [0.1, 0.15) is 33.4 Å². The van der Waals surface area contributed by atoms with Crippen molar-refractivity contribution in [2.45, 2.75) is 20.8 Å². The molecule has 92 valence electrons. The summed E-state index contributed by atoms with van der Waals surface area (Å²) in [6, 6.07) is 4.06. The molecular formula is C13H13N3OS. The van der Waals surface area contributed by atoms with E-state index in [4.69, 9.17) is 0 Å². The van der Waals surface area contributed by atoms with Crippen molar-refractivity contribution in [2.24, 2.45) is 0 Å². The molecule has 0 saturated heterocycles. The first-order chi connectivity index (χ1) is 8.58. The van der Waals surface area contributed by atoms with Crippen molar-refractivity contribution in [2.75, 3.05) is 6.54 Å². The molecule has 2 aromatic rings. The van der Waals surface area contributed by atoms with Crippen molar-refractivity contribution >= 4 is 27.5 Å². The van der Waals surface area contributed by atoms with Gasteiger partial charge in [0.05, 0.1) is 5.56 Å². The van der Waals surface area contributed by atoms with E-state index < -0.39 is 0 Å². The molecule has 2 rings (SSSR count). The highest BCUT2D eigenvalue weighted by Crippen LogP contribution is 2.32. The maximum Gasteiger partial charge on any atom is 0.262 e. The molecule has 0 fully saturated rings. The second-order valence-corrected chi connectivity index (χ2v) is 5.04. The van der Waals surface area contributed by atoms with E-state index in [9.17, 15) is 10.1 Å². The average molecular weight is 259 g/mol. The maximum absolute atomic E-state index is 11.9. The fourth-order valence-corrected chi connectivity index (χ4v) is 3.11. The van der Waals surface area contributed by atoms with E-state index in [1.54, 1.807) is 0 Å². The predicted molar refractivity (Wildman–Crippen MR) is 71.8 cm³/mol. The first-order valence-corrected chi connectivity index (χ1v) is 6.49. The van der Waals surface area contributed by atoms with E-state index in [1.807, 2.05) is 26.8 Å². The van der Waals surface area contributed by atoms with E-state index in [2.05, 4.69) is 16.4 Å². The molecule has 2 aromatic heterocycles. The summed E-state index contributed by atoms with van der Waals surface area (Å²) in [5.41, 5.74) is 2.32. The Morgan fingerprint density at radius 1 is 1.56 bits per heavy atom. The fourth-order valence-electron chi connectivity index (χ4n) is 1.95. The Morgan fingerprint density at radius 3 is 2.89 bits per heavy atom. The number of rotatable bonds is 2. The highest BCUT2D eigenvalue weighted by molar-refractivity contribution is 7.20. The minimum Gasteiger partial charge on any atom is -0.352 e. The van der Waals surface area contributed by atoms with Gasteiger partial charge in [0.25, 0.3) is 5.91 Å². The Bertz CT molecular complexity index is 667. The fraction of sp³-hybridized carbons (Fsp3) is 0.308. The van der Waals surface area contributed by atoms with Gasteiger partial charge in [0.15, 0.2) is 0 Å². The first kappa shape index (κ1) is 12.5. The molecule has 0 aliphatic heterocycles. The summed E-state index contributed by atoms with van der Waals surface area (Å²) in [6.45, 7) is 6.24. The number of aromatic nitrogens is 1. The van der Waals surface area contributed by atoms with Crippen LogP contribution in [0.2, 0.25) is 0 Å². The SMILES string of the molecule is CCNC(=O)c1sc2nc(C)cc(C)c2c1C#N. The molecular weight excluding hydrogens is 246 g/mol. The van der Waals surface area contributed by atoms with Gasteiger partial charge in [-0.2, -0.15) is 5.26 Å². The summed E-state index contributed by atoms with van der Waals surface area (Å²) in [7, 11) is 0. The van der Waals surface area contributed by atoms with Crippen LogP contribution in [0.25, 0.3) is 10.2 Å². The van der Waals surface area contributed by atoms with Crippen molar-refractivity contribution in [3.05, 3.63) is 27.8 Å². The van der Waals surface area contributed by atoms with Crippen molar-refractivity contribution in [1.82, 2.24) is 10.3 Å². The van der Waals surface area contributed by atoms with Gasteiger partial charge in [0, 0.05) is 17.6 Å². The Balaban J connectivity index is 2.74. The van der Waals surface area contributed by atoms with Crippen molar-refractivity contribution in [3.63, 3.8) is 0 Å². The van der Waals surface area contributed by atoms with Crippen molar-refractivity contribution < 1.29 is 4.79 Å². The van der Waals surface area contributed by atoms with Gasteiger partial charge in [0.1, 0.15) is 15.8 Å². The predicted octanol–water partition coefficient (Wildman–Crippen LogP) is 2.53. The average Bonchev–Trinajstić information content (AvgIpc) is 2.67. The smallest absolute Gasteiger partial charge is 0.262 e. The quantitative estimate of drug-likeness (QED) is 0.901. The molecule has 18 heavy (non-hydrogen) atoms. The van der Waals surface area contributed by atoms with Crippen LogP contribution in [0, 0.1) is 25.2 Å². The van der Waals surface area contributed by atoms with Crippen molar-refractivity contribution in [1.29, 1.82) is 5.26 Å². The minimum absolute atomic E-state index is 0.200. The highest BCUT2D eigenvalue weighted by Gasteiger charge is 2.20. The summed E-state index contributed by atoms with van der Waals surface area (Å²) < 4.78 is 0. The normalized spacial score (nSPS) is 10.3. The lowest BCUT2D eigenvalue weighted by Crippen LogP contribution is -2.22. The second kappa shape index (κ2) is 4.75. The zero-order valence-electron chi connectivity index (χ0n) is 10.5. The van der Waals surface area contributed by atoms with Gasteiger partial charge in [-0.05, 0) is 32.4 Å². The maximum atomic E-state index is 11.9. The standard InChI is InChI=1S/C13H13N3OS/c1-4-15-12(17)11-9(6-14)10-7(2)5-8(3)16-13(10)18-11/h5H,4H2,1-3H3,(H,15,17). The van der Waals surface area contributed by atoms with Crippen LogP contribution in [0.3, 0.4) is 0 Å². The monoisotopic (exact) mass is 259 g/mol. The lowest BCUT2D eigenvalue weighted by molar-refractivity contribution is 0.0959.